The molecule has 2 heterocycles. The standard InChI is InChI=1S/C22H26N2O.ClH/c25-22-21-9-5-4-8-20(21)17-24(22)15-12-18-10-13-23(14-11-18)16-19-6-2-1-3-7-19;/h1-9,18H,10-17H2;1H. The van der Waals surface area contributed by atoms with E-state index in [4.69, 9.17) is 0 Å². The number of hydrogen-bond acceptors (Lipinski definition) is 2. The van der Waals surface area contributed by atoms with Crippen molar-refractivity contribution in [3.8, 4) is 0 Å². The zero-order valence-electron chi connectivity index (χ0n) is 15.1. The van der Waals surface area contributed by atoms with Gasteiger partial charge in [0.25, 0.3) is 5.91 Å². The first kappa shape index (κ1) is 18.9. The van der Waals surface area contributed by atoms with Crippen LogP contribution in [0.1, 0.15) is 40.7 Å². The number of likely N-dealkylation sites (tertiary alicyclic amines) is 1. The van der Waals surface area contributed by atoms with E-state index in [1.165, 1.54) is 37.1 Å². The molecule has 2 aromatic rings. The molecule has 0 aliphatic carbocycles. The number of rotatable bonds is 5. The highest BCUT2D eigenvalue weighted by atomic mass is 35.5. The first-order valence-corrected chi connectivity index (χ1v) is 9.43. The summed E-state index contributed by atoms with van der Waals surface area (Å²) in [5.74, 6) is 0.973. The van der Waals surface area contributed by atoms with Gasteiger partial charge in [-0.3, -0.25) is 9.69 Å². The summed E-state index contributed by atoms with van der Waals surface area (Å²) in [5, 5.41) is 0. The molecule has 2 aliphatic rings. The molecule has 1 amide bonds. The lowest BCUT2D eigenvalue weighted by Gasteiger charge is -2.32. The molecule has 3 nitrogen and oxygen atoms in total. The molecule has 0 bridgehead atoms. The van der Waals surface area contributed by atoms with Gasteiger partial charge in [0, 0.05) is 25.2 Å². The van der Waals surface area contributed by atoms with Gasteiger partial charge >= 0.3 is 0 Å². The van der Waals surface area contributed by atoms with E-state index < -0.39 is 0 Å². The Morgan fingerprint density at radius 2 is 1.62 bits per heavy atom. The first-order chi connectivity index (χ1) is 12.3. The molecule has 0 saturated carbocycles. The van der Waals surface area contributed by atoms with E-state index in [-0.39, 0.29) is 18.3 Å². The number of nitrogens with zero attached hydrogens (tertiary/aromatic N) is 2. The molecule has 0 aromatic heterocycles. The molecule has 0 atom stereocenters. The number of hydrogen-bond donors (Lipinski definition) is 0. The van der Waals surface area contributed by atoms with Crippen LogP contribution in [-0.4, -0.2) is 35.3 Å². The summed E-state index contributed by atoms with van der Waals surface area (Å²) in [6, 6.07) is 18.8. The average Bonchev–Trinajstić information content (AvgIpc) is 2.98. The van der Waals surface area contributed by atoms with Crippen LogP contribution in [-0.2, 0) is 13.1 Å². The Morgan fingerprint density at radius 1 is 0.923 bits per heavy atom. The Hall–Kier alpha value is -1.84. The van der Waals surface area contributed by atoms with Crippen molar-refractivity contribution in [2.24, 2.45) is 5.92 Å². The van der Waals surface area contributed by atoms with Crippen LogP contribution in [0.5, 0.6) is 0 Å². The molecule has 138 valence electrons. The number of fused-ring (bicyclic) bond motifs is 1. The van der Waals surface area contributed by atoms with E-state index in [1.54, 1.807) is 0 Å². The smallest absolute Gasteiger partial charge is 0.254 e. The number of piperidine rings is 1. The topological polar surface area (TPSA) is 23.6 Å². The van der Waals surface area contributed by atoms with Gasteiger partial charge in [-0.05, 0) is 55.5 Å². The van der Waals surface area contributed by atoms with Crippen molar-refractivity contribution in [2.75, 3.05) is 19.6 Å². The molecule has 0 radical (unpaired) electrons. The van der Waals surface area contributed by atoms with E-state index in [0.717, 1.165) is 37.5 Å². The summed E-state index contributed by atoms with van der Waals surface area (Å²) >= 11 is 0. The van der Waals surface area contributed by atoms with E-state index in [0.29, 0.717) is 0 Å². The molecular weight excluding hydrogens is 344 g/mol. The fourth-order valence-electron chi connectivity index (χ4n) is 4.11. The Balaban J connectivity index is 0.00000196. The number of benzene rings is 2. The summed E-state index contributed by atoms with van der Waals surface area (Å²) in [7, 11) is 0. The molecule has 4 rings (SSSR count). The maximum atomic E-state index is 12.4. The SMILES string of the molecule is Cl.O=C1c2ccccc2CN1CCC1CCN(Cc2ccccc2)CC1. The number of carbonyl (C=O) groups excluding carboxylic acids is 1. The van der Waals surface area contributed by atoms with Crippen molar-refractivity contribution in [2.45, 2.75) is 32.4 Å². The van der Waals surface area contributed by atoms with Crippen LogP contribution in [0, 0.1) is 5.92 Å². The van der Waals surface area contributed by atoms with Crippen molar-refractivity contribution >= 4 is 18.3 Å². The fourth-order valence-corrected chi connectivity index (χ4v) is 4.11. The minimum absolute atomic E-state index is 0. The molecule has 0 spiro atoms. The van der Waals surface area contributed by atoms with Crippen LogP contribution in [0.15, 0.2) is 54.6 Å². The lowest BCUT2D eigenvalue weighted by atomic mass is 9.93. The van der Waals surface area contributed by atoms with Crippen LogP contribution in [0.4, 0.5) is 0 Å². The van der Waals surface area contributed by atoms with Crippen LogP contribution in [0.2, 0.25) is 0 Å². The van der Waals surface area contributed by atoms with Crippen molar-refractivity contribution in [3.63, 3.8) is 0 Å². The van der Waals surface area contributed by atoms with Gasteiger partial charge < -0.3 is 4.90 Å². The molecule has 1 fully saturated rings. The van der Waals surface area contributed by atoms with E-state index >= 15 is 0 Å². The minimum atomic E-state index is 0. The predicted octanol–water partition coefficient (Wildman–Crippen LogP) is 4.37. The van der Waals surface area contributed by atoms with Gasteiger partial charge in [0.15, 0.2) is 0 Å². The van der Waals surface area contributed by atoms with Gasteiger partial charge in [-0.1, -0.05) is 48.5 Å². The molecule has 0 N–H and O–H groups in total. The largest absolute Gasteiger partial charge is 0.334 e. The monoisotopic (exact) mass is 370 g/mol. The Labute approximate surface area is 162 Å². The molecule has 0 unspecified atom stereocenters. The van der Waals surface area contributed by atoms with Crippen molar-refractivity contribution in [3.05, 3.63) is 71.3 Å². The predicted molar refractivity (Wildman–Crippen MR) is 107 cm³/mol. The quantitative estimate of drug-likeness (QED) is 0.780. The van der Waals surface area contributed by atoms with Gasteiger partial charge in [0.1, 0.15) is 0 Å². The fraction of sp³-hybridized carbons (Fsp3) is 0.409. The van der Waals surface area contributed by atoms with Crippen LogP contribution in [0.25, 0.3) is 0 Å². The van der Waals surface area contributed by atoms with E-state index in [1.807, 2.05) is 23.1 Å². The highest BCUT2D eigenvalue weighted by Gasteiger charge is 2.27. The van der Waals surface area contributed by atoms with Gasteiger partial charge in [-0.2, -0.15) is 0 Å². The van der Waals surface area contributed by atoms with E-state index in [9.17, 15) is 4.79 Å². The van der Waals surface area contributed by atoms with Crippen LogP contribution < -0.4 is 0 Å². The first-order valence-electron chi connectivity index (χ1n) is 9.43. The number of carbonyl (C=O) groups is 1. The lowest BCUT2D eigenvalue weighted by molar-refractivity contribution is 0.0757. The minimum Gasteiger partial charge on any atom is -0.334 e. The highest BCUT2D eigenvalue weighted by Crippen LogP contribution is 2.26. The second-order valence-corrected chi connectivity index (χ2v) is 7.38. The summed E-state index contributed by atoms with van der Waals surface area (Å²) < 4.78 is 0. The molecule has 2 aliphatic heterocycles. The third-order valence-corrected chi connectivity index (χ3v) is 5.66. The van der Waals surface area contributed by atoms with Gasteiger partial charge in [0.2, 0.25) is 0 Å². The van der Waals surface area contributed by atoms with Crippen molar-refractivity contribution in [1.82, 2.24) is 9.80 Å². The summed E-state index contributed by atoms with van der Waals surface area (Å²) in [4.78, 5) is 17.0. The van der Waals surface area contributed by atoms with Crippen LogP contribution >= 0.6 is 12.4 Å². The van der Waals surface area contributed by atoms with Crippen LogP contribution in [0.3, 0.4) is 0 Å². The molecule has 4 heteroatoms. The normalized spacial score (nSPS) is 17.8. The van der Waals surface area contributed by atoms with Gasteiger partial charge in [-0.25, -0.2) is 0 Å². The summed E-state index contributed by atoms with van der Waals surface area (Å²) in [6.45, 7) is 5.10. The maximum absolute atomic E-state index is 12.4. The highest BCUT2D eigenvalue weighted by molar-refractivity contribution is 5.98. The average molecular weight is 371 g/mol. The second-order valence-electron chi connectivity index (χ2n) is 7.38. The summed E-state index contributed by atoms with van der Waals surface area (Å²) in [5.41, 5.74) is 3.49. The third kappa shape index (κ3) is 4.28. The van der Waals surface area contributed by atoms with Gasteiger partial charge in [-0.15, -0.1) is 12.4 Å². The maximum Gasteiger partial charge on any atom is 0.254 e. The molecular formula is C22H27ClN2O. The third-order valence-electron chi connectivity index (χ3n) is 5.66. The van der Waals surface area contributed by atoms with E-state index in [2.05, 4.69) is 41.3 Å². The number of amides is 1. The van der Waals surface area contributed by atoms with Gasteiger partial charge in [0.05, 0.1) is 0 Å². The Kier molecular flexibility index (Phi) is 6.33. The Bertz CT molecular complexity index is 726. The second kappa shape index (κ2) is 8.70. The molecule has 1 saturated heterocycles. The summed E-state index contributed by atoms with van der Waals surface area (Å²) in [6.07, 6.45) is 3.64. The zero-order valence-corrected chi connectivity index (χ0v) is 16.0. The Morgan fingerprint density at radius 3 is 2.35 bits per heavy atom. The lowest BCUT2D eigenvalue weighted by Crippen LogP contribution is -2.35. The zero-order chi connectivity index (χ0) is 17.1. The van der Waals surface area contributed by atoms with Crippen molar-refractivity contribution in [1.29, 1.82) is 0 Å². The van der Waals surface area contributed by atoms with Crippen molar-refractivity contribution < 1.29 is 4.79 Å². The molecule has 26 heavy (non-hydrogen) atoms. The molecule has 2 aromatic carbocycles. The number of halogens is 1.